The third-order valence-corrected chi connectivity index (χ3v) is 4.57. The van der Waals surface area contributed by atoms with E-state index in [9.17, 15) is 14.0 Å². The van der Waals surface area contributed by atoms with Gasteiger partial charge in [-0.2, -0.15) is 0 Å². The van der Waals surface area contributed by atoms with Gasteiger partial charge in [-0.1, -0.05) is 18.7 Å². The van der Waals surface area contributed by atoms with Crippen LogP contribution in [0, 0.1) is 5.82 Å². The number of anilines is 1. The molecule has 2 aromatic carbocycles. The van der Waals surface area contributed by atoms with Crippen LogP contribution in [-0.2, 0) is 4.79 Å². The van der Waals surface area contributed by atoms with Crippen molar-refractivity contribution < 1.29 is 23.5 Å². The van der Waals surface area contributed by atoms with E-state index < -0.39 is 23.8 Å². The zero-order valence-electron chi connectivity index (χ0n) is 17.3. The molecule has 3 rings (SSSR count). The van der Waals surface area contributed by atoms with Gasteiger partial charge in [0.05, 0.1) is 18.2 Å². The standard InChI is InChI=1S/C23H24FN3O4/c1-4-12-31-18-11-6-15(13-19(18)30-5-2)21-20(14(3)25-23(29)27-21)22(28)26-17-9-7-16(24)8-10-17/h4,6-11,13,21H,1,5,12H2,2-3H3,(H,26,28)(H2,25,27,29). The normalized spacial score (nSPS) is 15.6. The highest BCUT2D eigenvalue weighted by atomic mass is 19.1. The molecule has 0 spiro atoms. The van der Waals surface area contributed by atoms with E-state index in [4.69, 9.17) is 9.47 Å². The van der Waals surface area contributed by atoms with Crippen molar-refractivity contribution in [2.45, 2.75) is 19.9 Å². The van der Waals surface area contributed by atoms with Gasteiger partial charge in [0, 0.05) is 11.4 Å². The van der Waals surface area contributed by atoms with Crippen molar-refractivity contribution in [1.82, 2.24) is 10.6 Å². The second kappa shape index (κ2) is 9.80. The molecule has 2 aromatic rings. The fourth-order valence-corrected chi connectivity index (χ4v) is 3.22. The molecule has 1 aliphatic heterocycles. The van der Waals surface area contributed by atoms with Crippen molar-refractivity contribution in [3.8, 4) is 11.5 Å². The monoisotopic (exact) mass is 425 g/mol. The van der Waals surface area contributed by atoms with Gasteiger partial charge in [-0.3, -0.25) is 4.79 Å². The number of carbonyl (C=O) groups excluding carboxylic acids is 2. The van der Waals surface area contributed by atoms with Gasteiger partial charge in [-0.05, 0) is 55.8 Å². The molecule has 162 valence electrons. The smallest absolute Gasteiger partial charge is 0.319 e. The van der Waals surface area contributed by atoms with Crippen LogP contribution in [-0.4, -0.2) is 25.2 Å². The Labute approximate surface area is 179 Å². The van der Waals surface area contributed by atoms with Gasteiger partial charge in [-0.25, -0.2) is 9.18 Å². The summed E-state index contributed by atoms with van der Waals surface area (Å²) in [6, 6.07) is 9.51. The highest BCUT2D eigenvalue weighted by Gasteiger charge is 2.32. The second-order valence-electron chi connectivity index (χ2n) is 6.77. The zero-order valence-corrected chi connectivity index (χ0v) is 17.3. The lowest BCUT2D eigenvalue weighted by Crippen LogP contribution is -2.46. The first-order valence-corrected chi connectivity index (χ1v) is 9.78. The maximum absolute atomic E-state index is 13.2. The lowest BCUT2D eigenvalue weighted by atomic mass is 9.94. The number of amides is 3. The Bertz CT molecular complexity index is 1020. The molecular weight excluding hydrogens is 401 g/mol. The van der Waals surface area contributed by atoms with E-state index >= 15 is 0 Å². The number of benzene rings is 2. The van der Waals surface area contributed by atoms with Crippen LogP contribution < -0.4 is 25.4 Å². The largest absolute Gasteiger partial charge is 0.490 e. The minimum Gasteiger partial charge on any atom is -0.490 e. The quantitative estimate of drug-likeness (QED) is 0.557. The van der Waals surface area contributed by atoms with E-state index in [1.807, 2.05) is 6.92 Å². The van der Waals surface area contributed by atoms with Crippen molar-refractivity contribution in [2.75, 3.05) is 18.5 Å². The molecule has 1 aliphatic rings. The molecule has 0 saturated heterocycles. The van der Waals surface area contributed by atoms with Crippen LogP contribution in [0.25, 0.3) is 0 Å². The number of hydrogen-bond acceptors (Lipinski definition) is 4. The Kier molecular flexibility index (Phi) is 6.92. The fraction of sp³-hybridized carbons (Fsp3) is 0.217. The van der Waals surface area contributed by atoms with Crippen molar-refractivity contribution in [2.24, 2.45) is 0 Å². The second-order valence-corrected chi connectivity index (χ2v) is 6.77. The molecule has 8 heteroatoms. The molecule has 3 amide bonds. The van der Waals surface area contributed by atoms with Gasteiger partial charge < -0.3 is 25.4 Å². The zero-order chi connectivity index (χ0) is 22.4. The van der Waals surface area contributed by atoms with E-state index in [0.717, 1.165) is 0 Å². The van der Waals surface area contributed by atoms with Crippen LogP contribution >= 0.6 is 0 Å². The Hall–Kier alpha value is -3.81. The average molecular weight is 425 g/mol. The molecule has 0 aliphatic carbocycles. The topological polar surface area (TPSA) is 88.7 Å². The first-order chi connectivity index (χ1) is 14.9. The predicted octanol–water partition coefficient (Wildman–Crippen LogP) is 4.06. The van der Waals surface area contributed by atoms with Crippen LogP contribution in [0.3, 0.4) is 0 Å². The van der Waals surface area contributed by atoms with E-state index in [2.05, 4.69) is 22.5 Å². The summed E-state index contributed by atoms with van der Waals surface area (Å²) in [4.78, 5) is 25.2. The maximum Gasteiger partial charge on any atom is 0.319 e. The average Bonchev–Trinajstić information content (AvgIpc) is 2.74. The third kappa shape index (κ3) is 5.22. The van der Waals surface area contributed by atoms with Crippen molar-refractivity contribution in [3.63, 3.8) is 0 Å². The number of nitrogens with one attached hydrogen (secondary N) is 3. The number of allylic oxidation sites excluding steroid dienone is 1. The number of carbonyl (C=O) groups is 2. The van der Waals surface area contributed by atoms with E-state index in [1.165, 1.54) is 24.3 Å². The van der Waals surface area contributed by atoms with Crippen molar-refractivity contribution in [1.29, 1.82) is 0 Å². The number of halogens is 1. The minimum atomic E-state index is -0.721. The molecule has 3 N–H and O–H groups in total. The number of ether oxygens (including phenoxy) is 2. The Balaban J connectivity index is 1.95. The van der Waals surface area contributed by atoms with Crippen molar-refractivity contribution in [3.05, 3.63) is 77.8 Å². The highest BCUT2D eigenvalue weighted by molar-refractivity contribution is 6.06. The van der Waals surface area contributed by atoms with E-state index in [1.54, 1.807) is 31.2 Å². The van der Waals surface area contributed by atoms with E-state index in [0.29, 0.717) is 47.2 Å². The van der Waals surface area contributed by atoms with Gasteiger partial charge in [0.2, 0.25) is 0 Å². The van der Waals surface area contributed by atoms with Crippen LogP contribution in [0.2, 0.25) is 0 Å². The summed E-state index contributed by atoms with van der Waals surface area (Å²) < 4.78 is 24.5. The molecule has 0 saturated carbocycles. The Morgan fingerprint density at radius 2 is 1.94 bits per heavy atom. The Morgan fingerprint density at radius 1 is 1.19 bits per heavy atom. The molecule has 0 aromatic heterocycles. The van der Waals surface area contributed by atoms with Gasteiger partial charge in [-0.15, -0.1) is 0 Å². The van der Waals surface area contributed by atoms with Gasteiger partial charge in [0.15, 0.2) is 11.5 Å². The van der Waals surface area contributed by atoms with Crippen LogP contribution in [0.15, 0.2) is 66.4 Å². The molecule has 0 fully saturated rings. The molecule has 1 atom stereocenters. The summed E-state index contributed by atoms with van der Waals surface area (Å²) in [5.41, 5.74) is 1.82. The first kappa shape index (κ1) is 21.9. The summed E-state index contributed by atoms with van der Waals surface area (Å²) in [6.07, 6.45) is 1.63. The fourth-order valence-electron chi connectivity index (χ4n) is 3.22. The lowest BCUT2D eigenvalue weighted by molar-refractivity contribution is -0.113. The SMILES string of the molecule is C=CCOc1ccc(C2NC(=O)NC(C)=C2C(=O)Nc2ccc(F)cc2)cc1OCC. The minimum absolute atomic E-state index is 0.313. The summed E-state index contributed by atoms with van der Waals surface area (Å²) in [5, 5.41) is 8.15. The summed E-state index contributed by atoms with van der Waals surface area (Å²) >= 11 is 0. The molecule has 7 nitrogen and oxygen atoms in total. The number of rotatable bonds is 8. The first-order valence-electron chi connectivity index (χ1n) is 9.78. The molecule has 1 heterocycles. The number of hydrogen-bond donors (Lipinski definition) is 3. The van der Waals surface area contributed by atoms with Crippen LogP contribution in [0.5, 0.6) is 11.5 Å². The van der Waals surface area contributed by atoms with Crippen molar-refractivity contribution >= 4 is 17.6 Å². The molecular formula is C23H24FN3O4. The highest BCUT2D eigenvalue weighted by Crippen LogP contribution is 2.35. The molecule has 1 unspecified atom stereocenters. The molecule has 0 radical (unpaired) electrons. The van der Waals surface area contributed by atoms with Crippen LogP contribution in [0.4, 0.5) is 14.9 Å². The van der Waals surface area contributed by atoms with Gasteiger partial charge in [0.1, 0.15) is 12.4 Å². The van der Waals surface area contributed by atoms with Gasteiger partial charge in [0.25, 0.3) is 5.91 Å². The third-order valence-electron chi connectivity index (χ3n) is 4.57. The van der Waals surface area contributed by atoms with Crippen LogP contribution in [0.1, 0.15) is 25.5 Å². The van der Waals surface area contributed by atoms with Gasteiger partial charge >= 0.3 is 6.03 Å². The Morgan fingerprint density at radius 3 is 2.61 bits per heavy atom. The summed E-state index contributed by atoms with van der Waals surface area (Å²) in [7, 11) is 0. The summed E-state index contributed by atoms with van der Waals surface area (Å²) in [5.74, 6) is 0.195. The molecule has 0 bridgehead atoms. The predicted molar refractivity (Wildman–Crippen MR) is 115 cm³/mol. The maximum atomic E-state index is 13.2. The molecule has 31 heavy (non-hydrogen) atoms. The number of urea groups is 1. The summed E-state index contributed by atoms with van der Waals surface area (Å²) in [6.45, 7) is 7.86. The lowest BCUT2D eigenvalue weighted by Gasteiger charge is -2.29. The van der Waals surface area contributed by atoms with E-state index in [-0.39, 0.29) is 0 Å².